The fraction of sp³-hybridized carbons (Fsp3) is 0.471. The van der Waals surface area contributed by atoms with Crippen LogP contribution in [-0.4, -0.2) is 19.0 Å². The van der Waals surface area contributed by atoms with Gasteiger partial charge in [-0.05, 0) is 36.5 Å². The smallest absolute Gasteiger partial charge is 0.254 e. The Balaban J connectivity index is 2.02. The van der Waals surface area contributed by atoms with Crippen LogP contribution in [0.3, 0.4) is 0 Å². The molecule has 112 valence electrons. The molecule has 0 heterocycles. The lowest BCUT2D eigenvalue weighted by atomic mass is 9.89. The summed E-state index contributed by atoms with van der Waals surface area (Å²) in [5.41, 5.74) is 6.01. The van der Waals surface area contributed by atoms with Crippen LogP contribution >= 0.6 is 0 Å². The molecule has 1 amide bonds. The minimum Gasteiger partial charge on any atom is -0.351 e. The summed E-state index contributed by atoms with van der Waals surface area (Å²) in [6.07, 6.45) is 4.64. The second-order valence-corrected chi connectivity index (χ2v) is 5.90. The normalized spacial score (nSPS) is 16.1. The van der Waals surface area contributed by atoms with E-state index in [0.717, 1.165) is 12.8 Å². The van der Waals surface area contributed by atoms with E-state index in [2.05, 4.69) is 24.1 Å². The van der Waals surface area contributed by atoms with Crippen LogP contribution < -0.4 is 11.1 Å². The first-order chi connectivity index (χ1) is 10.0. The number of rotatable bonds is 3. The molecule has 0 radical (unpaired) electrons. The molecule has 0 saturated heterocycles. The number of carbonyl (C=O) groups excluding carboxylic acids is 1. The molecule has 0 unspecified atom stereocenters. The molecular weight excluding hydrogens is 267 g/mol. The SMILES string of the molecule is CC1(CNC(=O)c2ccc(C#CCN)cc2F)CCCC1. The number of hydrogen-bond donors (Lipinski definition) is 2. The van der Waals surface area contributed by atoms with Gasteiger partial charge in [0, 0.05) is 12.1 Å². The van der Waals surface area contributed by atoms with Crippen LogP contribution in [-0.2, 0) is 0 Å². The van der Waals surface area contributed by atoms with Crippen molar-refractivity contribution in [3.63, 3.8) is 0 Å². The zero-order valence-electron chi connectivity index (χ0n) is 12.3. The molecule has 1 saturated carbocycles. The van der Waals surface area contributed by atoms with E-state index in [-0.39, 0.29) is 23.4 Å². The minimum absolute atomic E-state index is 0.0647. The van der Waals surface area contributed by atoms with Gasteiger partial charge in [-0.3, -0.25) is 4.79 Å². The van der Waals surface area contributed by atoms with E-state index in [0.29, 0.717) is 12.1 Å². The Morgan fingerprint density at radius 1 is 1.43 bits per heavy atom. The average molecular weight is 288 g/mol. The molecule has 1 aliphatic carbocycles. The summed E-state index contributed by atoms with van der Waals surface area (Å²) < 4.78 is 14.0. The first-order valence-electron chi connectivity index (χ1n) is 7.31. The van der Waals surface area contributed by atoms with Crippen molar-refractivity contribution in [2.45, 2.75) is 32.6 Å². The molecule has 2 rings (SSSR count). The summed E-state index contributed by atoms with van der Waals surface area (Å²) in [5, 5.41) is 2.85. The second kappa shape index (κ2) is 6.73. The molecule has 3 N–H and O–H groups in total. The Morgan fingerprint density at radius 2 is 2.14 bits per heavy atom. The van der Waals surface area contributed by atoms with Crippen LogP contribution in [0.25, 0.3) is 0 Å². The van der Waals surface area contributed by atoms with Crippen LogP contribution in [0.1, 0.15) is 48.5 Å². The maximum absolute atomic E-state index is 14.0. The number of hydrogen-bond acceptors (Lipinski definition) is 2. The van der Waals surface area contributed by atoms with Crippen molar-refractivity contribution in [1.29, 1.82) is 0 Å². The Bertz CT molecular complexity index is 580. The van der Waals surface area contributed by atoms with Crippen LogP contribution in [0.5, 0.6) is 0 Å². The van der Waals surface area contributed by atoms with Gasteiger partial charge in [-0.2, -0.15) is 0 Å². The minimum atomic E-state index is -0.548. The highest BCUT2D eigenvalue weighted by Gasteiger charge is 2.29. The third-order valence-corrected chi connectivity index (χ3v) is 4.03. The van der Waals surface area contributed by atoms with E-state index < -0.39 is 5.82 Å². The molecular formula is C17H21FN2O. The van der Waals surface area contributed by atoms with Crippen molar-refractivity contribution in [2.75, 3.05) is 13.1 Å². The molecule has 1 aliphatic rings. The molecule has 0 atom stereocenters. The number of carbonyl (C=O) groups is 1. The highest BCUT2D eigenvalue weighted by molar-refractivity contribution is 5.94. The predicted octanol–water partition coefficient (Wildman–Crippen LogP) is 2.45. The Labute approximate surface area is 125 Å². The standard InChI is InChI=1S/C17H21FN2O/c1-17(8-2-3-9-17)12-20-16(21)14-7-6-13(5-4-10-19)11-15(14)18/h6-7,11H,2-3,8-10,12,19H2,1H3,(H,20,21). The molecule has 0 aromatic heterocycles. The van der Waals surface area contributed by atoms with Gasteiger partial charge in [0.1, 0.15) is 5.82 Å². The second-order valence-electron chi connectivity index (χ2n) is 5.90. The lowest BCUT2D eigenvalue weighted by Crippen LogP contribution is -2.34. The van der Waals surface area contributed by atoms with E-state index in [4.69, 9.17) is 5.73 Å². The van der Waals surface area contributed by atoms with Gasteiger partial charge in [-0.15, -0.1) is 0 Å². The van der Waals surface area contributed by atoms with Crippen molar-refractivity contribution >= 4 is 5.91 Å². The lowest BCUT2D eigenvalue weighted by molar-refractivity contribution is 0.0930. The van der Waals surface area contributed by atoms with E-state index in [9.17, 15) is 9.18 Å². The summed E-state index contributed by atoms with van der Waals surface area (Å²) in [6.45, 7) is 2.99. The summed E-state index contributed by atoms with van der Waals surface area (Å²) in [5.74, 6) is 4.50. The van der Waals surface area contributed by atoms with Gasteiger partial charge < -0.3 is 11.1 Å². The quantitative estimate of drug-likeness (QED) is 0.839. The Morgan fingerprint density at radius 3 is 2.76 bits per heavy atom. The van der Waals surface area contributed by atoms with E-state index in [1.165, 1.54) is 25.0 Å². The van der Waals surface area contributed by atoms with E-state index in [1.807, 2.05) is 0 Å². The van der Waals surface area contributed by atoms with Crippen LogP contribution in [0.2, 0.25) is 0 Å². The maximum atomic E-state index is 14.0. The van der Waals surface area contributed by atoms with Gasteiger partial charge in [-0.25, -0.2) is 4.39 Å². The molecule has 0 bridgehead atoms. The van der Waals surface area contributed by atoms with Gasteiger partial charge in [0.15, 0.2) is 0 Å². The molecule has 4 heteroatoms. The zero-order valence-corrected chi connectivity index (χ0v) is 12.3. The van der Waals surface area contributed by atoms with Crippen LogP contribution in [0.15, 0.2) is 18.2 Å². The highest BCUT2D eigenvalue weighted by Crippen LogP contribution is 2.36. The largest absolute Gasteiger partial charge is 0.351 e. The first kappa shape index (κ1) is 15.5. The highest BCUT2D eigenvalue weighted by atomic mass is 19.1. The number of halogens is 1. The summed E-state index contributed by atoms with van der Waals surface area (Å²) in [7, 11) is 0. The zero-order chi connectivity index (χ0) is 15.3. The number of nitrogens with one attached hydrogen (secondary N) is 1. The van der Waals surface area contributed by atoms with E-state index in [1.54, 1.807) is 6.07 Å². The molecule has 1 fully saturated rings. The van der Waals surface area contributed by atoms with Gasteiger partial charge in [-0.1, -0.05) is 31.6 Å². The molecule has 21 heavy (non-hydrogen) atoms. The van der Waals surface area contributed by atoms with Crippen molar-refractivity contribution < 1.29 is 9.18 Å². The predicted molar refractivity (Wildman–Crippen MR) is 81.2 cm³/mol. The third-order valence-electron chi connectivity index (χ3n) is 4.03. The molecule has 0 spiro atoms. The molecule has 3 nitrogen and oxygen atoms in total. The molecule has 1 aromatic carbocycles. The van der Waals surface area contributed by atoms with Gasteiger partial charge in [0.25, 0.3) is 5.91 Å². The first-order valence-corrected chi connectivity index (χ1v) is 7.31. The van der Waals surface area contributed by atoms with Crippen LogP contribution in [0.4, 0.5) is 4.39 Å². The summed E-state index contributed by atoms with van der Waals surface area (Å²) in [4.78, 5) is 12.1. The number of amides is 1. The Hall–Kier alpha value is -1.86. The number of benzene rings is 1. The van der Waals surface area contributed by atoms with Crippen molar-refractivity contribution in [3.8, 4) is 11.8 Å². The topological polar surface area (TPSA) is 55.1 Å². The van der Waals surface area contributed by atoms with Gasteiger partial charge in [0.2, 0.25) is 0 Å². The number of nitrogens with two attached hydrogens (primary N) is 1. The van der Waals surface area contributed by atoms with Crippen molar-refractivity contribution in [1.82, 2.24) is 5.32 Å². The van der Waals surface area contributed by atoms with Crippen molar-refractivity contribution in [3.05, 3.63) is 35.1 Å². The fourth-order valence-corrected chi connectivity index (χ4v) is 2.72. The molecule has 1 aromatic rings. The van der Waals surface area contributed by atoms with E-state index >= 15 is 0 Å². The molecule has 0 aliphatic heterocycles. The Kier molecular flexibility index (Phi) is 4.98. The average Bonchev–Trinajstić information content (AvgIpc) is 2.90. The summed E-state index contributed by atoms with van der Waals surface area (Å²) in [6, 6.07) is 4.38. The van der Waals surface area contributed by atoms with Gasteiger partial charge in [0.05, 0.1) is 12.1 Å². The van der Waals surface area contributed by atoms with Crippen molar-refractivity contribution in [2.24, 2.45) is 11.1 Å². The third kappa shape index (κ3) is 4.05. The lowest BCUT2D eigenvalue weighted by Gasteiger charge is -2.23. The summed E-state index contributed by atoms with van der Waals surface area (Å²) >= 11 is 0. The van der Waals surface area contributed by atoms with Crippen LogP contribution in [0, 0.1) is 23.1 Å². The fourth-order valence-electron chi connectivity index (χ4n) is 2.72. The van der Waals surface area contributed by atoms with Gasteiger partial charge >= 0.3 is 0 Å². The maximum Gasteiger partial charge on any atom is 0.254 e. The monoisotopic (exact) mass is 288 g/mol.